The van der Waals surface area contributed by atoms with Crippen molar-refractivity contribution in [1.82, 2.24) is 15.1 Å². The smallest absolute Gasteiger partial charge is 0.287 e. The van der Waals surface area contributed by atoms with Crippen LogP contribution in [0.25, 0.3) is 0 Å². The number of rotatable bonds is 6. The van der Waals surface area contributed by atoms with E-state index in [-0.39, 0.29) is 10.6 Å². The Bertz CT molecular complexity index is 483. The summed E-state index contributed by atoms with van der Waals surface area (Å²) in [5, 5.41) is 11.1. The van der Waals surface area contributed by atoms with E-state index in [0.717, 1.165) is 45.3 Å². The van der Waals surface area contributed by atoms with Gasteiger partial charge in [-0.3, -0.25) is 4.79 Å². The molecule has 112 valence electrons. The highest BCUT2D eigenvalue weighted by atomic mass is 35.5. The Balaban J connectivity index is 1.97. The zero-order chi connectivity index (χ0) is 14.4. The summed E-state index contributed by atoms with van der Waals surface area (Å²) in [5.41, 5.74) is 0.457. The van der Waals surface area contributed by atoms with Crippen LogP contribution in [0, 0.1) is 5.92 Å². The van der Waals surface area contributed by atoms with Gasteiger partial charge in [-0.25, -0.2) is 4.68 Å². The Labute approximate surface area is 124 Å². The van der Waals surface area contributed by atoms with E-state index in [2.05, 4.69) is 22.7 Å². The number of aryl methyl sites for hydroxylation is 1. The van der Waals surface area contributed by atoms with Gasteiger partial charge in [0.05, 0.1) is 11.9 Å². The molecule has 1 aromatic rings. The summed E-state index contributed by atoms with van der Waals surface area (Å²) in [4.78, 5) is 12.1. The zero-order valence-electron chi connectivity index (χ0n) is 12.0. The maximum atomic E-state index is 12.1. The first-order valence-corrected chi connectivity index (χ1v) is 7.80. The van der Waals surface area contributed by atoms with Gasteiger partial charge in [-0.2, -0.15) is 5.10 Å². The van der Waals surface area contributed by atoms with Crippen molar-refractivity contribution in [1.29, 1.82) is 0 Å². The number of anilines is 1. The Kier molecular flexibility index (Phi) is 5.86. The van der Waals surface area contributed by atoms with Gasteiger partial charge >= 0.3 is 0 Å². The Hall–Kier alpha value is -1.07. The fourth-order valence-corrected chi connectivity index (χ4v) is 2.61. The maximum Gasteiger partial charge on any atom is 0.287 e. The third-order valence-corrected chi connectivity index (χ3v) is 4.11. The molecule has 5 nitrogen and oxygen atoms in total. The first-order valence-electron chi connectivity index (χ1n) is 7.42. The maximum absolute atomic E-state index is 12.1. The first kappa shape index (κ1) is 15.3. The van der Waals surface area contributed by atoms with Crippen LogP contribution in [0.5, 0.6) is 0 Å². The molecule has 0 spiro atoms. The lowest BCUT2D eigenvalue weighted by molar-refractivity contribution is 0.390. The molecule has 2 N–H and O–H groups in total. The Morgan fingerprint density at radius 1 is 1.50 bits per heavy atom. The summed E-state index contributed by atoms with van der Waals surface area (Å²) in [6.07, 6.45) is 5.95. The van der Waals surface area contributed by atoms with Crippen LogP contribution in [0.4, 0.5) is 5.69 Å². The number of aromatic nitrogens is 2. The lowest BCUT2D eigenvalue weighted by Gasteiger charge is -2.23. The standard InChI is InChI=1S/C14H23ClN4O/c1-2-3-8-19-14(20)13(15)12(10-18-19)17-9-11-4-6-16-7-5-11/h10-11,16-17H,2-9H2,1H3. The van der Waals surface area contributed by atoms with Gasteiger partial charge in [-0.15, -0.1) is 0 Å². The molecule has 0 radical (unpaired) electrons. The van der Waals surface area contributed by atoms with Gasteiger partial charge in [0.2, 0.25) is 0 Å². The summed E-state index contributed by atoms with van der Waals surface area (Å²) in [5.74, 6) is 0.634. The fourth-order valence-electron chi connectivity index (χ4n) is 2.40. The van der Waals surface area contributed by atoms with E-state index >= 15 is 0 Å². The topological polar surface area (TPSA) is 59.0 Å². The van der Waals surface area contributed by atoms with Crippen LogP contribution in [0.2, 0.25) is 5.02 Å². The summed E-state index contributed by atoms with van der Waals surface area (Å²) in [6.45, 7) is 5.70. The predicted molar refractivity (Wildman–Crippen MR) is 82.5 cm³/mol. The van der Waals surface area contributed by atoms with Crippen molar-refractivity contribution in [3.63, 3.8) is 0 Å². The lowest BCUT2D eigenvalue weighted by atomic mass is 9.98. The van der Waals surface area contributed by atoms with E-state index in [0.29, 0.717) is 18.2 Å². The second-order valence-corrected chi connectivity index (χ2v) is 5.71. The van der Waals surface area contributed by atoms with Crippen LogP contribution >= 0.6 is 11.6 Å². The molecule has 6 heteroatoms. The quantitative estimate of drug-likeness (QED) is 0.844. The van der Waals surface area contributed by atoms with Gasteiger partial charge in [-0.1, -0.05) is 24.9 Å². The molecule has 0 unspecified atom stereocenters. The van der Waals surface area contributed by atoms with Crippen LogP contribution in [-0.2, 0) is 6.54 Å². The monoisotopic (exact) mass is 298 g/mol. The van der Waals surface area contributed by atoms with Crippen molar-refractivity contribution in [2.24, 2.45) is 5.92 Å². The molecule has 2 heterocycles. The molecule has 1 saturated heterocycles. The molecule has 1 aliphatic heterocycles. The molecule has 0 bridgehead atoms. The number of hydrogen-bond acceptors (Lipinski definition) is 4. The second kappa shape index (κ2) is 7.64. The summed E-state index contributed by atoms with van der Waals surface area (Å²) >= 11 is 6.15. The van der Waals surface area contributed by atoms with Crippen molar-refractivity contribution >= 4 is 17.3 Å². The molecule has 0 saturated carbocycles. The highest BCUT2D eigenvalue weighted by Crippen LogP contribution is 2.18. The van der Waals surface area contributed by atoms with Gasteiger partial charge in [0.1, 0.15) is 5.02 Å². The summed E-state index contributed by atoms with van der Waals surface area (Å²) in [7, 11) is 0. The highest BCUT2D eigenvalue weighted by Gasteiger charge is 2.14. The number of nitrogens with zero attached hydrogens (tertiary/aromatic N) is 2. The molecular weight excluding hydrogens is 276 g/mol. The largest absolute Gasteiger partial charge is 0.382 e. The number of halogens is 1. The van der Waals surface area contributed by atoms with E-state index in [1.165, 1.54) is 4.68 Å². The first-order chi connectivity index (χ1) is 9.72. The average Bonchev–Trinajstić information content (AvgIpc) is 2.49. The molecule has 1 fully saturated rings. The number of nitrogens with one attached hydrogen (secondary N) is 2. The van der Waals surface area contributed by atoms with Gasteiger partial charge < -0.3 is 10.6 Å². The van der Waals surface area contributed by atoms with Crippen molar-refractivity contribution in [2.75, 3.05) is 25.0 Å². The second-order valence-electron chi connectivity index (χ2n) is 5.33. The van der Waals surface area contributed by atoms with Crippen LogP contribution in [0.1, 0.15) is 32.6 Å². The number of hydrogen-bond donors (Lipinski definition) is 2. The molecule has 0 atom stereocenters. The van der Waals surface area contributed by atoms with Crippen molar-refractivity contribution in [3.8, 4) is 0 Å². The number of piperidine rings is 1. The van der Waals surface area contributed by atoms with Crippen LogP contribution in [0.15, 0.2) is 11.0 Å². The molecule has 0 aromatic carbocycles. The van der Waals surface area contributed by atoms with Crippen molar-refractivity contribution in [2.45, 2.75) is 39.2 Å². The molecule has 1 aromatic heterocycles. The normalized spacial score (nSPS) is 16.3. The Morgan fingerprint density at radius 3 is 2.95 bits per heavy atom. The van der Waals surface area contributed by atoms with E-state index < -0.39 is 0 Å². The van der Waals surface area contributed by atoms with Crippen molar-refractivity contribution < 1.29 is 0 Å². The molecule has 20 heavy (non-hydrogen) atoms. The van der Waals surface area contributed by atoms with Crippen LogP contribution in [0.3, 0.4) is 0 Å². The van der Waals surface area contributed by atoms with Gasteiger partial charge in [0.15, 0.2) is 0 Å². The SMILES string of the molecule is CCCCn1ncc(NCC2CCNCC2)c(Cl)c1=O. The van der Waals surface area contributed by atoms with E-state index in [1.54, 1.807) is 6.20 Å². The summed E-state index contributed by atoms with van der Waals surface area (Å²) < 4.78 is 1.45. The van der Waals surface area contributed by atoms with Gasteiger partial charge in [-0.05, 0) is 38.3 Å². The van der Waals surface area contributed by atoms with Crippen LogP contribution in [-0.4, -0.2) is 29.4 Å². The third kappa shape index (κ3) is 3.96. The summed E-state index contributed by atoms with van der Waals surface area (Å²) in [6, 6.07) is 0. The van der Waals surface area contributed by atoms with Gasteiger partial charge in [0, 0.05) is 13.1 Å². The molecule has 0 aliphatic carbocycles. The van der Waals surface area contributed by atoms with Gasteiger partial charge in [0.25, 0.3) is 5.56 Å². The third-order valence-electron chi connectivity index (χ3n) is 3.75. The molecule has 2 rings (SSSR count). The lowest BCUT2D eigenvalue weighted by Crippen LogP contribution is -2.31. The Morgan fingerprint density at radius 2 is 2.25 bits per heavy atom. The van der Waals surface area contributed by atoms with Crippen LogP contribution < -0.4 is 16.2 Å². The molecule has 0 amide bonds. The number of unbranched alkanes of at least 4 members (excludes halogenated alkanes) is 1. The molecule has 1 aliphatic rings. The van der Waals surface area contributed by atoms with E-state index in [1.807, 2.05) is 0 Å². The van der Waals surface area contributed by atoms with E-state index in [4.69, 9.17) is 11.6 Å². The minimum absolute atomic E-state index is 0.199. The average molecular weight is 299 g/mol. The van der Waals surface area contributed by atoms with Crippen molar-refractivity contribution in [3.05, 3.63) is 21.6 Å². The fraction of sp³-hybridized carbons (Fsp3) is 0.714. The minimum atomic E-state index is -0.199. The predicted octanol–water partition coefficient (Wildman–Crippen LogP) is 2.11. The minimum Gasteiger partial charge on any atom is -0.382 e. The highest BCUT2D eigenvalue weighted by molar-refractivity contribution is 6.32. The molecular formula is C14H23ClN4O. The zero-order valence-corrected chi connectivity index (χ0v) is 12.7. The van der Waals surface area contributed by atoms with E-state index in [9.17, 15) is 4.79 Å².